The number of fused-ring (bicyclic) bond motifs is 1. The number of sulfonamides is 1. The molecular weight excluding hydrogens is 540 g/mol. The van der Waals surface area contributed by atoms with Crippen LogP contribution in [-0.2, 0) is 19.6 Å². The van der Waals surface area contributed by atoms with Gasteiger partial charge in [-0.25, -0.2) is 17.9 Å². The van der Waals surface area contributed by atoms with Gasteiger partial charge in [0.2, 0.25) is 15.9 Å². The van der Waals surface area contributed by atoms with Gasteiger partial charge in [0.15, 0.2) is 0 Å². The largest absolute Gasteiger partial charge is 0.444 e. The van der Waals surface area contributed by atoms with Crippen molar-refractivity contribution in [3.63, 3.8) is 0 Å². The van der Waals surface area contributed by atoms with Crippen LogP contribution in [0, 0.1) is 5.92 Å². The van der Waals surface area contributed by atoms with E-state index in [9.17, 15) is 18.0 Å². The minimum Gasteiger partial charge on any atom is -0.444 e. The zero-order valence-electron chi connectivity index (χ0n) is 23.8. The van der Waals surface area contributed by atoms with Crippen LogP contribution in [0.3, 0.4) is 0 Å². The van der Waals surface area contributed by atoms with Gasteiger partial charge in [-0.05, 0) is 64.2 Å². The molecule has 218 valence electrons. The Balaban J connectivity index is 1.23. The van der Waals surface area contributed by atoms with Gasteiger partial charge >= 0.3 is 6.09 Å². The molecule has 0 unspecified atom stereocenters. The molecule has 1 aliphatic carbocycles. The molecule has 2 fully saturated rings. The summed E-state index contributed by atoms with van der Waals surface area (Å²) in [5, 5.41) is 0.768. The van der Waals surface area contributed by atoms with E-state index in [1.165, 1.54) is 6.20 Å². The highest BCUT2D eigenvalue weighted by Gasteiger charge is 2.39. The highest BCUT2D eigenvalue weighted by atomic mass is 32.2. The summed E-state index contributed by atoms with van der Waals surface area (Å²) in [6, 6.07) is 18.3. The lowest BCUT2D eigenvalue weighted by Crippen LogP contribution is -2.54. The Kier molecular flexibility index (Phi) is 8.33. The standard InChI is InChI=1S/C31H38N4O5S/c1-31(2,3)40-30(37)34-17-18-35(28(21-34)22-9-5-4-6-10-22)29(36)23-13-15-25(16-14-23)33-41(38,39)26-19-24-11-7-8-12-27(24)32-20-26/h4-12,19-20,23,25,28,33H,13-18,21H2,1-3H3/t23?,25?,28-/m1/s1. The van der Waals surface area contributed by atoms with E-state index in [1.807, 2.05) is 80.3 Å². The van der Waals surface area contributed by atoms with Crippen LogP contribution < -0.4 is 4.72 Å². The lowest BCUT2D eigenvalue weighted by molar-refractivity contribution is -0.142. The molecule has 2 heterocycles. The maximum atomic E-state index is 13.8. The molecule has 2 aliphatic rings. The summed E-state index contributed by atoms with van der Waals surface area (Å²) in [5.74, 6) is -0.139. The third-order valence-electron chi connectivity index (χ3n) is 7.77. The van der Waals surface area contributed by atoms with E-state index in [1.54, 1.807) is 11.0 Å². The third-order valence-corrected chi connectivity index (χ3v) is 9.26. The molecule has 0 spiro atoms. The van der Waals surface area contributed by atoms with E-state index >= 15 is 0 Å². The van der Waals surface area contributed by atoms with Gasteiger partial charge in [-0.15, -0.1) is 0 Å². The summed E-state index contributed by atoms with van der Waals surface area (Å²) in [6.45, 7) is 6.70. The maximum Gasteiger partial charge on any atom is 0.410 e. The number of ether oxygens (including phenoxy) is 1. The second-order valence-electron chi connectivity index (χ2n) is 11.9. The van der Waals surface area contributed by atoms with Crippen molar-refractivity contribution in [1.29, 1.82) is 0 Å². The highest BCUT2D eigenvalue weighted by Crippen LogP contribution is 2.33. The van der Waals surface area contributed by atoms with Crippen LogP contribution in [0.2, 0.25) is 0 Å². The van der Waals surface area contributed by atoms with E-state index < -0.39 is 15.6 Å². The second kappa shape index (κ2) is 11.8. The molecule has 0 bridgehead atoms. The summed E-state index contributed by atoms with van der Waals surface area (Å²) >= 11 is 0. The quantitative estimate of drug-likeness (QED) is 0.462. The van der Waals surface area contributed by atoms with Crippen LogP contribution in [-0.4, -0.2) is 66.5 Å². The summed E-state index contributed by atoms with van der Waals surface area (Å²) in [5.41, 5.74) is 1.11. The zero-order chi connectivity index (χ0) is 29.2. The van der Waals surface area contributed by atoms with Crippen LogP contribution in [0.1, 0.15) is 58.1 Å². The Hall–Kier alpha value is -3.50. The Morgan fingerprint density at radius 2 is 1.63 bits per heavy atom. The fraction of sp³-hybridized carbons (Fsp3) is 0.452. The topological polar surface area (TPSA) is 109 Å². The minimum absolute atomic E-state index is 0.0581. The minimum atomic E-state index is -3.74. The van der Waals surface area contributed by atoms with Crippen molar-refractivity contribution in [2.24, 2.45) is 5.92 Å². The number of amides is 2. The normalized spacial score (nSPS) is 22.0. The van der Waals surface area contributed by atoms with Gasteiger partial charge in [-0.1, -0.05) is 48.5 Å². The van der Waals surface area contributed by atoms with Gasteiger partial charge in [0.05, 0.1) is 11.6 Å². The van der Waals surface area contributed by atoms with E-state index in [-0.39, 0.29) is 34.9 Å². The molecule has 5 rings (SSSR count). The van der Waals surface area contributed by atoms with Crippen molar-refractivity contribution in [2.45, 2.75) is 69.0 Å². The zero-order valence-corrected chi connectivity index (χ0v) is 24.6. The Bertz CT molecular complexity index is 1500. The monoisotopic (exact) mass is 578 g/mol. The lowest BCUT2D eigenvalue weighted by atomic mass is 9.85. The average molecular weight is 579 g/mol. The van der Waals surface area contributed by atoms with E-state index in [2.05, 4.69) is 9.71 Å². The van der Waals surface area contributed by atoms with Crippen LogP contribution in [0.4, 0.5) is 4.79 Å². The van der Waals surface area contributed by atoms with Crippen LogP contribution in [0.25, 0.3) is 10.9 Å². The van der Waals surface area contributed by atoms with Crippen molar-refractivity contribution < 1.29 is 22.7 Å². The number of hydrogen-bond donors (Lipinski definition) is 1. The van der Waals surface area contributed by atoms with E-state index in [0.29, 0.717) is 45.3 Å². The summed E-state index contributed by atoms with van der Waals surface area (Å²) in [4.78, 5) is 34.7. The molecule has 9 nitrogen and oxygen atoms in total. The molecule has 1 saturated heterocycles. The Morgan fingerprint density at radius 3 is 2.34 bits per heavy atom. The van der Waals surface area contributed by atoms with E-state index in [4.69, 9.17) is 4.74 Å². The first-order valence-electron chi connectivity index (χ1n) is 14.2. The molecule has 1 saturated carbocycles. The Labute approximate surface area is 241 Å². The predicted molar refractivity (Wildman–Crippen MR) is 157 cm³/mol. The van der Waals surface area contributed by atoms with Gasteiger partial charge in [0.1, 0.15) is 10.5 Å². The maximum absolute atomic E-state index is 13.8. The van der Waals surface area contributed by atoms with Crippen molar-refractivity contribution in [3.05, 3.63) is 72.4 Å². The Morgan fingerprint density at radius 1 is 0.951 bits per heavy atom. The molecule has 1 aromatic heterocycles. The first-order valence-corrected chi connectivity index (χ1v) is 15.7. The number of carbonyl (C=O) groups is 2. The number of nitrogens with zero attached hydrogens (tertiary/aromatic N) is 3. The fourth-order valence-corrected chi connectivity index (χ4v) is 6.96. The molecule has 2 aromatic carbocycles. The highest BCUT2D eigenvalue weighted by molar-refractivity contribution is 7.89. The molecule has 1 N–H and O–H groups in total. The first-order chi connectivity index (χ1) is 19.5. The molecular formula is C31H38N4O5S. The number of rotatable bonds is 5. The van der Waals surface area contributed by atoms with Gasteiger partial charge in [0.25, 0.3) is 0 Å². The molecule has 2 amide bonds. The van der Waals surface area contributed by atoms with Crippen molar-refractivity contribution in [2.75, 3.05) is 19.6 Å². The lowest BCUT2D eigenvalue weighted by Gasteiger charge is -2.43. The van der Waals surface area contributed by atoms with E-state index in [0.717, 1.165) is 16.5 Å². The van der Waals surface area contributed by atoms with Crippen molar-refractivity contribution in [3.8, 4) is 0 Å². The predicted octanol–water partition coefficient (Wildman–Crippen LogP) is 4.89. The number of para-hydroxylation sites is 1. The van der Waals surface area contributed by atoms with Crippen LogP contribution in [0.5, 0.6) is 0 Å². The first kappa shape index (κ1) is 29.0. The number of nitrogens with one attached hydrogen (secondary N) is 1. The third kappa shape index (κ3) is 6.87. The van der Waals surface area contributed by atoms with Gasteiger partial charge in [-0.3, -0.25) is 9.78 Å². The molecule has 0 radical (unpaired) electrons. The number of benzene rings is 2. The number of pyridine rings is 1. The molecule has 10 heteroatoms. The smallest absolute Gasteiger partial charge is 0.410 e. The number of aromatic nitrogens is 1. The summed E-state index contributed by atoms with van der Waals surface area (Å²) in [6.07, 6.45) is 3.35. The second-order valence-corrected chi connectivity index (χ2v) is 13.6. The molecule has 41 heavy (non-hydrogen) atoms. The SMILES string of the molecule is CC(C)(C)OC(=O)N1CCN(C(=O)C2CCC(NS(=O)(=O)c3cnc4ccccc4c3)CC2)[C@@H](c2ccccc2)C1. The van der Waals surface area contributed by atoms with Gasteiger partial charge in [-0.2, -0.15) is 0 Å². The fourth-order valence-electron chi connectivity index (χ4n) is 5.68. The molecule has 3 aromatic rings. The molecule has 1 aliphatic heterocycles. The summed E-state index contributed by atoms with van der Waals surface area (Å²) < 4.78 is 34.7. The number of piperazine rings is 1. The van der Waals surface area contributed by atoms with Gasteiger partial charge in [0, 0.05) is 43.2 Å². The van der Waals surface area contributed by atoms with Crippen molar-refractivity contribution in [1.82, 2.24) is 19.5 Å². The summed E-state index contributed by atoms with van der Waals surface area (Å²) in [7, 11) is -3.74. The number of hydrogen-bond acceptors (Lipinski definition) is 6. The number of carbonyl (C=O) groups excluding carboxylic acids is 2. The van der Waals surface area contributed by atoms with Crippen LogP contribution in [0.15, 0.2) is 71.8 Å². The molecule has 1 atom stereocenters. The van der Waals surface area contributed by atoms with Gasteiger partial charge < -0.3 is 14.5 Å². The average Bonchev–Trinajstić information content (AvgIpc) is 2.96. The van der Waals surface area contributed by atoms with Crippen LogP contribution >= 0.6 is 0 Å². The van der Waals surface area contributed by atoms with Crippen molar-refractivity contribution >= 4 is 32.9 Å².